The number of rotatable bonds is 2. The lowest BCUT2D eigenvalue weighted by Gasteiger charge is -2.45. The first kappa shape index (κ1) is 13.0. The van der Waals surface area contributed by atoms with Crippen molar-refractivity contribution in [2.45, 2.75) is 63.5 Å². The van der Waals surface area contributed by atoms with Gasteiger partial charge in [-0.2, -0.15) is 0 Å². The van der Waals surface area contributed by atoms with Crippen LogP contribution in [0.1, 0.15) is 33.6 Å². The molecule has 90 valence electrons. The highest BCUT2D eigenvalue weighted by atomic mass is 28.4. The molecule has 1 fully saturated rings. The second-order valence-electron chi connectivity index (χ2n) is 4.94. The van der Waals surface area contributed by atoms with E-state index in [0.29, 0.717) is 13.0 Å². The number of hydrogen-bond donors (Lipinski definition) is 0. The van der Waals surface area contributed by atoms with Gasteiger partial charge in [-0.05, 0) is 32.9 Å². The van der Waals surface area contributed by atoms with Gasteiger partial charge in [-0.1, -0.05) is 6.42 Å². The Balaban J connectivity index is 2.93. The first-order valence-electron chi connectivity index (χ1n) is 5.35. The molecular weight excluding hydrogens is 221 g/mol. The van der Waals surface area contributed by atoms with Crippen molar-refractivity contribution in [2.24, 2.45) is 0 Å². The van der Waals surface area contributed by atoms with Crippen LogP contribution in [-0.4, -0.2) is 25.6 Å². The van der Waals surface area contributed by atoms with Gasteiger partial charge in [0.2, 0.25) is 8.32 Å². The molecule has 0 aliphatic carbocycles. The Morgan fingerprint density at radius 3 is 2.20 bits per heavy atom. The van der Waals surface area contributed by atoms with Gasteiger partial charge in [0.1, 0.15) is 0 Å². The van der Waals surface area contributed by atoms with Crippen molar-refractivity contribution in [3.8, 4) is 0 Å². The SMILES string of the molecule is CC1CCC[Si](C)(C(C)(F)C(C)(F)F)O1. The van der Waals surface area contributed by atoms with Crippen molar-refractivity contribution < 1.29 is 17.6 Å². The Bertz CT molecular complexity index is 239. The van der Waals surface area contributed by atoms with Gasteiger partial charge in [0.15, 0.2) is 5.29 Å². The molecule has 0 aromatic rings. The normalized spacial score (nSPS) is 37.4. The maximum atomic E-state index is 14.2. The smallest absolute Gasteiger partial charge is 0.278 e. The van der Waals surface area contributed by atoms with Crippen molar-refractivity contribution >= 4 is 8.32 Å². The summed E-state index contributed by atoms with van der Waals surface area (Å²) in [5, 5.41) is -2.49. The molecular formula is C10H19F3OSi. The second kappa shape index (κ2) is 3.77. The highest BCUT2D eigenvalue weighted by molar-refractivity contribution is 6.75. The molecule has 1 saturated heterocycles. The Morgan fingerprint density at radius 1 is 1.27 bits per heavy atom. The third-order valence-electron chi connectivity index (χ3n) is 3.54. The van der Waals surface area contributed by atoms with E-state index in [4.69, 9.17) is 4.43 Å². The van der Waals surface area contributed by atoms with Gasteiger partial charge >= 0.3 is 0 Å². The van der Waals surface area contributed by atoms with Crippen LogP contribution in [0.5, 0.6) is 0 Å². The van der Waals surface area contributed by atoms with E-state index < -0.39 is 19.5 Å². The van der Waals surface area contributed by atoms with E-state index in [-0.39, 0.29) is 6.10 Å². The first-order chi connectivity index (χ1) is 6.60. The summed E-state index contributed by atoms with van der Waals surface area (Å²) in [5.74, 6) is -3.33. The van der Waals surface area contributed by atoms with Gasteiger partial charge in [-0.15, -0.1) is 0 Å². The maximum absolute atomic E-state index is 14.2. The van der Waals surface area contributed by atoms with Gasteiger partial charge in [-0.3, -0.25) is 0 Å². The van der Waals surface area contributed by atoms with E-state index in [2.05, 4.69) is 0 Å². The summed E-state index contributed by atoms with van der Waals surface area (Å²) in [6, 6.07) is 0.480. The summed E-state index contributed by atoms with van der Waals surface area (Å²) >= 11 is 0. The van der Waals surface area contributed by atoms with Crippen molar-refractivity contribution in [3.05, 3.63) is 0 Å². The van der Waals surface area contributed by atoms with Crippen LogP contribution in [0.2, 0.25) is 12.6 Å². The van der Waals surface area contributed by atoms with Crippen LogP contribution >= 0.6 is 0 Å². The molecule has 0 aromatic carbocycles. The van der Waals surface area contributed by atoms with Gasteiger partial charge in [0.05, 0.1) is 0 Å². The van der Waals surface area contributed by atoms with Gasteiger partial charge in [-0.25, -0.2) is 13.2 Å². The largest absolute Gasteiger partial charge is 0.411 e. The van der Waals surface area contributed by atoms with Gasteiger partial charge in [0.25, 0.3) is 5.92 Å². The molecule has 0 spiro atoms. The quantitative estimate of drug-likeness (QED) is 0.669. The minimum Gasteiger partial charge on any atom is -0.411 e. The monoisotopic (exact) mass is 240 g/mol. The Morgan fingerprint density at radius 2 is 1.80 bits per heavy atom. The van der Waals surface area contributed by atoms with Gasteiger partial charge < -0.3 is 4.43 Å². The van der Waals surface area contributed by atoms with E-state index in [1.54, 1.807) is 6.55 Å². The highest BCUT2D eigenvalue weighted by Crippen LogP contribution is 2.44. The lowest BCUT2D eigenvalue weighted by Crippen LogP contribution is -2.64. The number of hydrogen-bond acceptors (Lipinski definition) is 1. The third-order valence-corrected chi connectivity index (χ3v) is 8.20. The predicted octanol–water partition coefficient (Wildman–Crippen LogP) is 3.68. The van der Waals surface area contributed by atoms with E-state index >= 15 is 0 Å². The zero-order valence-corrected chi connectivity index (χ0v) is 10.7. The Hall–Kier alpha value is -0.0331. The van der Waals surface area contributed by atoms with E-state index in [9.17, 15) is 13.2 Å². The summed E-state index contributed by atoms with van der Waals surface area (Å²) in [7, 11) is -2.98. The van der Waals surface area contributed by atoms with Crippen LogP contribution in [0.4, 0.5) is 13.2 Å². The average molecular weight is 240 g/mol. The highest BCUT2D eigenvalue weighted by Gasteiger charge is 2.62. The van der Waals surface area contributed by atoms with Crippen LogP contribution in [-0.2, 0) is 4.43 Å². The zero-order chi connectivity index (χ0) is 11.9. The summed E-state index contributed by atoms with van der Waals surface area (Å²) in [6.07, 6.45) is 1.54. The first-order valence-corrected chi connectivity index (χ1v) is 7.96. The predicted molar refractivity (Wildman–Crippen MR) is 56.3 cm³/mol. The van der Waals surface area contributed by atoms with Crippen molar-refractivity contribution in [1.82, 2.24) is 0 Å². The summed E-state index contributed by atoms with van der Waals surface area (Å²) < 4.78 is 46.2. The molecule has 0 bridgehead atoms. The van der Waals surface area contributed by atoms with Crippen LogP contribution < -0.4 is 0 Å². The fourth-order valence-electron chi connectivity index (χ4n) is 2.10. The molecule has 0 saturated carbocycles. The Kier molecular flexibility index (Phi) is 3.27. The number of halogens is 3. The Labute approximate surface area is 90.1 Å². The molecule has 1 aliphatic heterocycles. The van der Waals surface area contributed by atoms with Crippen LogP contribution in [0.3, 0.4) is 0 Å². The van der Waals surface area contributed by atoms with Crippen molar-refractivity contribution in [1.29, 1.82) is 0 Å². The summed E-state index contributed by atoms with van der Waals surface area (Å²) in [6.45, 7) is 5.06. The molecule has 0 amide bonds. The van der Waals surface area contributed by atoms with Crippen molar-refractivity contribution in [2.75, 3.05) is 0 Å². The van der Waals surface area contributed by atoms with E-state index in [1.165, 1.54) is 0 Å². The molecule has 3 unspecified atom stereocenters. The zero-order valence-electron chi connectivity index (χ0n) is 9.74. The average Bonchev–Trinajstić information content (AvgIpc) is 2.01. The second-order valence-corrected chi connectivity index (χ2v) is 9.08. The molecule has 15 heavy (non-hydrogen) atoms. The topological polar surface area (TPSA) is 9.23 Å². The molecule has 1 nitrogen and oxygen atoms in total. The molecule has 0 radical (unpaired) electrons. The molecule has 0 aromatic heterocycles. The molecule has 0 N–H and O–H groups in total. The third kappa shape index (κ3) is 2.23. The van der Waals surface area contributed by atoms with Gasteiger partial charge in [0, 0.05) is 13.0 Å². The molecule has 1 aliphatic rings. The summed E-state index contributed by atoms with van der Waals surface area (Å²) in [4.78, 5) is 0. The molecule has 5 heteroatoms. The molecule has 3 atom stereocenters. The van der Waals surface area contributed by atoms with E-state index in [0.717, 1.165) is 19.8 Å². The maximum Gasteiger partial charge on any atom is 0.278 e. The van der Waals surface area contributed by atoms with Crippen LogP contribution in [0, 0.1) is 0 Å². The standard InChI is InChI=1S/C10H19F3OSi/c1-8-6-5-7-15(4,14-8)10(3,13)9(2,11)12/h8H,5-7H2,1-4H3. The lowest BCUT2D eigenvalue weighted by molar-refractivity contribution is -0.0880. The van der Waals surface area contributed by atoms with E-state index in [1.807, 2.05) is 6.92 Å². The van der Waals surface area contributed by atoms with Crippen LogP contribution in [0.15, 0.2) is 0 Å². The molecule has 1 rings (SSSR count). The fourth-order valence-corrected chi connectivity index (χ4v) is 5.72. The summed E-state index contributed by atoms with van der Waals surface area (Å²) in [5.41, 5.74) is 0. The minimum atomic E-state index is -3.33. The number of alkyl halides is 3. The van der Waals surface area contributed by atoms with Crippen molar-refractivity contribution in [3.63, 3.8) is 0 Å². The minimum absolute atomic E-state index is 0.0900. The lowest BCUT2D eigenvalue weighted by atomic mass is 10.2. The van der Waals surface area contributed by atoms with Crippen LogP contribution in [0.25, 0.3) is 0 Å². The fraction of sp³-hybridized carbons (Fsp3) is 1.00. The molecule has 1 heterocycles.